The quantitative estimate of drug-likeness (QED) is 0.681. The molecule has 0 heterocycles. The van der Waals surface area contributed by atoms with Crippen molar-refractivity contribution >= 4 is 0 Å². The molecule has 0 amide bonds. The summed E-state index contributed by atoms with van der Waals surface area (Å²) >= 11 is 0. The fourth-order valence-electron chi connectivity index (χ4n) is 1.03. The third-order valence-electron chi connectivity index (χ3n) is 2.33. The van der Waals surface area contributed by atoms with Crippen molar-refractivity contribution < 1.29 is 22.6 Å². The van der Waals surface area contributed by atoms with Crippen LogP contribution in [0.3, 0.4) is 0 Å². The van der Waals surface area contributed by atoms with Crippen LogP contribution < -0.4 is 0 Å². The van der Waals surface area contributed by atoms with Crippen LogP contribution >= 0.6 is 0 Å². The molecular formula is C11H21F3O2. The topological polar surface area (TPSA) is 18.5 Å². The van der Waals surface area contributed by atoms with Crippen LogP contribution in [0.1, 0.15) is 34.1 Å². The summed E-state index contributed by atoms with van der Waals surface area (Å²) in [5, 5.41) is 0. The first-order chi connectivity index (χ1) is 7.18. The van der Waals surface area contributed by atoms with Gasteiger partial charge in [-0.15, -0.1) is 0 Å². The standard InChI is InChI=1S/C11H21F3O2/c1-5-10(4,7-16-9(2)3)6-15-8-11(12,13)14/h9H,5-8H2,1-4H3. The van der Waals surface area contributed by atoms with Crippen LogP contribution in [0.4, 0.5) is 13.2 Å². The SMILES string of the molecule is CCC(C)(COCC(F)(F)F)COC(C)C. The zero-order valence-corrected chi connectivity index (χ0v) is 10.4. The van der Waals surface area contributed by atoms with Crippen molar-refractivity contribution in [1.82, 2.24) is 0 Å². The van der Waals surface area contributed by atoms with E-state index in [9.17, 15) is 13.2 Å². The van der Waals surface area contributed by atoms with E-state index in [1.807, 2.05) is 27.7 Å². The van der Waals surface area contributed by atoms with E-state index in [0.717, 1.165) is 6.42 Å². The lowest BCUT2D eigenvalue weighted by atomic mass is 9.90. The molecule has 1 atom stereocenters. The van der Waals surface area contributed by atoms with Gasteiger partial charge in [-0.25, -0.2) is 0 Å². The Bertz CT molecular complexity index is 192. The van der Waals surface area contributed by atoms with E-state index in [1.54, 1.807) is 0 Å². The molecule has 0 aliphatic rings. The van der Waals surface area contributed by atoms with E-state index in [-0.39, 0.29) is 18.1 Å². The van der Waals surface area contributed by atoms with Gasteiger partial charge in [0.15, 0.2) is 0 Å². The lowest BCUT2D eigenvalue weighted by Crippen LogP contribution is -2.31. The van der Waals surface area contributed by atoms with Crippen LogP contribution in [0.15, 0.2) is 0 Å². The first-order valence-electron chi connectivity index (χ1n) is 5.44. The summed E-state index contributed by atoms with van der Waals surface area (Å²) in [6.45, 7) is 6.87. The summed E-state index contributed by atoms with van der Waals surface area (Å²) in [5.74, 6) is 0. The molecule has 0 aliphatic heterocycles. The largest absolute Gasteiger partial charge is 0.411 e. The van der Waals surface area contributed by atoms with Crippen molar-refractivity contribution in [1.29, 1.82) is 0 Å². The van der Waals surface area contributed by atoms with Gasteiger partial charge in [0, 0.05) is 5.41 Å². The molecule has 0 aromatic carbocycles. The van der Waals surface area contributed by atoms with Crippen molar-refractivity contribution in [2.75, 3.05) is 19.8 Å². The summed E-state index contributed by atoms with van der Waals surface area (Å²) < 4.78 is 45.8. The Morgan fingerprint density at radius 1 is 1.06 bits per heavy atom. The smallest absolute Gasteiger partial charge is 0.378 e. The van der Waals surface area contributed by atoms with Crippen molar-refractivity contribution in [2.45, 2.75) is 46.4 Å². The van der Waals surface area contributed by atoms with Gasteiger partial charge in [0.1, 0.15) is 6.61 Å². The van der Waals surface area contributed by atoms with Gasteiger partial charge in [0.05, 0.1) is 19.3 Å². The Labute approximate surface area is 95.1 Å². The highest BCUT2D eigenvalue weighted by atomic mass is 19.4. The molecule has 0 fully saturated rings. The molecule has 0 spiro atoms. The lowest BCUT2D eigenvalue weighted by molar-refractivity contribution is -0.183. The number of alkyl halides is 3. The van der Waals surface area contributed by atoms with Crippen molar-refractivity contribution in [3.8, 4) is 0 Å². The number of rotatable bonds is 7. The molecule has 0 aromatic rings. The van der Waals surface area contributed by atoms with Crippen molar-refractivity contribution in [3.05, 3.63) is 0 Å². The summed E-state index contributed by atoms with van der Waals surface area (Å²) in [5.41, 5.74) is -0.352. The molecule has 16 heavy (non-hydrogen) atoms. The minimum Gasteiger partial charge on any atom is -0.378 e. The second-order valence-corrected chi connectivity index (χ2v) is 4.63. The monoisotopic (exact) mass is 242 g/mol. The first-order valence-corrected chi connectivity index (χ1v) is 5.44. The van der Waals surface area contributed by atoms with E-state index in [4.69, 9.17) is 4.74 Å². The highest BCUT2D eigenvalue weighted by Crippen LogP contribution is 2.24. The van der Waals surface area contributed by atoms with Gasteiger partial charge >= 0.3 is 6.18 Å². The van der Waals surface area contributed by atoms with Gasteiger partial charge in [-0.3, -0.25) is 0 Å². The maximum atomic E-state index is 11.9. The van der Waals surface area contributed by atoms with E-state index in [0.29, 0.717) is 6.61 Å². The normalized spacial score (nSPS) is 16.5. The molecule has 0 N–H and O–H groups in total. The molecule has 0 rings (SSSR count). The lowest BCUT2D eigenvalue weighted by Gasteiger charge is -2.28. The van der Waals surface area contributed by atoms with E-state index >= 15 is 0 Å². The second kappa shape index (κ2) is 6.45. The van der Waals surface area contributed by atoms with Crippen molar-refractivity contribution in [3.63, 3.8) is 0 Å². The molecule has 0 aliphatic carbocycles. The molecule has 0 radical (unpaired) electrons. The van der Waals surface area contributed by atoms with E-state index < -0.39 is 12.8 Å². The molecule has 2 nitrogen and oxygen atoms in total. The van der Waals surface area contributed by atoms with Gasteiger partial charge in [0.2, 0.25) is 0 Å². The minimum absolute atomic E-state index is 0.0652. The Morgan fingerprint density at radius 3 is 2.00 bits per heavy atom. The molecule has 0 saturated heterocycles. The first kappa shape index (κ1) is 15.7. The third kappa shape index (κ3) is 7.93. The van der Waals surface area contributed by atoms with Crippen LogP contribution in [-0.2, 0) is 9.47 Å². The fourth-order valence-corrected chi connectivity index (χ4v) is 1.03. The van der Waals surface area contributed by atoms with E-state index in [1.165, 1.54) is 0 Å². The van der Waals surface area contributed by atoms with Gasteiger partial charge in [-0.05, 0) is 20.3 Å². The van der Waals surface area contributed by atoms with Crippen LogP contribution in [0, 0.1) is 5.41 Å². The Morgan fingerprint density at radius 2 is 1.62 bits per heavy atom. The number of hydrogen-bond acceptors (Lipinski definition) is 2. The van der Waals surface area contributed by atoms with Gasteiger partial charge in [-0.2, -0.15) is 13.2 Å². The minimum atomic E-state index is -4.26. The molecule has 98 valence electrons. The highest BCUT2D eigenvalue weighted by Gasteiger charge is 2.30. The van der Waals surface area contributed by atoms with E-state index in [2.05, 4.69) is 4.74 Å². The van der Waals surface area contributed by atoms with Gasteiger partial charge < -0.3 is 9.47 Å². The number of halogens is 3. The van der Waals surface area contributed by atoms with Crippen LogP contribution in [0.5, 0.6) is 0 Å². The number of ether oxygens (including phenoxy) is 2. The zero-order chi connectivity index (χ0) is 12.8. The molecule has 0 aromatic heterocycles. The number of hydrogen-bond donors (Lipinski definition) is 0. The Kier molecular flexibility index (Phi) is 6.33. The maximum Gasteiger partial charge on any atom is 0.411 e. The molecule has 1 unspecified atom stereocenters. The fraction of sp³-hybridized carbons (Fsp3) is 1.00. The Hall–Kier alpha value is -0.290. The summed E-state index contributed by atoms with van der Waals surface area (Å²) in [7, 11) is 0. The Balaban J connectivity index is 3.97. The average Bonchev–Trinajstić information content (AvgIpc) is 2.13. The predicted molar refractivity (Wildman–Crippen MR) is 56.4 cm³/mol. The van der Waals surface area contributed by atoms with Crippen molar-refractivity contribution in [2.24, 2.45) is 5.41 Å². The maximum absolute atomic E-state index is 11.9. The van der Waals surface area contributed by atoms with Crippen LogP contribution in [0.25, 0.3) is 0 Å². The summed E-state index contributed by atoms with van der Waals surface area (Å²) in [6, 6.07) is 0. The van der Waals surface area contributed by atoms with Gasteiger partial charge in [0.25, 0.3) is 0 Å². The van der Waals surface area contributed by atoms with Gasteiger partial charge in [-0.1, -0.05) is 13.8 Å². The summed E-state index contributed by atoms with van der Waals surface area (Å²) in [6.07, 6.45) is -3.46. The second-order valence-electron chi connectivity index (χ2n) is 4.63. The third-order valence-corrected chi connectivity index (χ3v) is 2.33. The van der Waals surface area contributed by atoms with Crippen LogP contribution in [0.2, 0.25) is 0 Å². The zero-order valence-electron chi connectivity index (χ0n) is 10.4. The van der Waals surface area contributed by atoms with Crippen LogP contribution in [-0.4, -0.2) is 32.1 Å². The molecule has 0 saturated carbocycles. The predicted octanol–water partition coefficient (Wildman–Crippen LogP) is 3.41. The molecule has 0 bridgehead atoms. The molecule has 5 heteroatoms. The molecular weight excluding hydrogens is 221 g/mol. The highest BCUT2D eigenvalue weighted by molar-refractivity contribution is 4.72. The average molecular weight is 242 g/mol. The summed E-state index contributed by atoms with van der Waals surface area (Å²) in [4.78, 5) is 0.